The third-order valence-electron chi connectivity index (χ3n) is 4.03. The second kappa shape index (κ2) is 12.5. The molecule has 0 aromatic heterocycles. The molecule has 0 radical (unpaired) electrons. The Hall–Kier alpha value is -1.97. The van der Waals surface area contributed by atoms with Gasteiger partial charge < -0.3 is 9.84 Å². The summed E-state index contributed by atoms with van der Waals surface area (Å²) in [6.07, 6.45) is 12.3. The van der Waals surface area contributed by atoms with E-state index >= 15 is 0 Å². The molecular weight excluding hydrogens is 300 g/mol. The SMILES string of the molecule is C=CCC/C=C/C#CC#CCCCCCC[C@H]1C(=O)O[C@H](C)[C@@H]1O. The van der Waals surface area contributed by atoms with Crippen LogP contribution in [0.15, 0.2) is 24.8 Å². The fraction of sp³-hybridized carbons (Fsp3) is 0.571. The van der Waals surface area contributed by atoms with Crippen LogP contribution in [-0.2, 0) is 9.53 Å². The zero-order valence-corrected chi connectivity index (χ0v) is 14.6. The maximum absolute atomic E-state index is 11.5. The lowest BCUT2D eigenvalue weighted by Crippen LogP contribution is -2.24. The Balaban J connectivity index is 2.02. The van der Waals surface area contributed by atoms with Crippen LogP contribution in [0.3, 0.4) is 0 Å². The van der Waals surface area contributed by atoms with Crippen molar-refractivity contribution < 1.29 is 14.6 Å². The number of hydrogen-bond donors (Lipinski definition) is 1. The quantitative estimate of drug-likeness (QED) is 0.303. The van der Waals surface area contributed by atoms with Crippen LogP contribution >= 0.6 is 0 Å². The summed E-state index contributed by atoms with van der Waals surface area (Å²) in [4.78, 5) is 11.5. The molecule has 0 unspecified atom stereocenters. The summed E-state index contributed by atoms with van der Waals surface area (Å²) in [6, 6.07) is 0. The molecule has 0 spiro atoms. The summed E-state index contributed by atoms with van der Waals surface area (Å²) in [5, 5.41) is 9.85. The molecule has 24 heavy (non-hydrogen) atoms. The van der Waals surface area contributed by atoms with E-state index in [0.717, 1.165) is 44.9 Å². The lowest BCUT2D eigenvalue weighted by atomic mass is 9.95. The van der Waals surface area contributed by atoms with E-state index in [9.17, 15) is 9.90 Å². The number of cyclic esters (lactones) is 1. The zero-order chi connectivity index (χ0) is 17.6. The van der Waals surface area contributed by atoms with Gasteiger partial charge in [0.15, 0.2) is 0 Å². The molecule has 0 bridgehead atoms. The third-order valence-corrected chi connectivity index (χ3v) is 4.03. The molecule has 130 valence electrons. The largest absolute Gasteiger partial charge is 0.460 e. The first-order valence-electron chi connectivity index (χ1n) is 8.79. The van der Waals surface area contributed by atoms with Crippen LogP contribution in [0.4, 0.5) is 0 Å². The van der Waals surface area contributed by atoms with Crippen LogP contribution in [0.25, 0.3) is 0 Å². The number of carbonyl (C=O) groups is 1. The minimum absolute atomic E-state index is 0.252. The molecule has 3 atom stereocenters. The Morgan fingerprint density at radius 3 is 2.71 bits per heavy atom. The van der Waals surface area contributed by atoms with Gasteiger partial charge in [0.05, 0.1) is 5.92 Å². The van der Waals surface area contributed by atoms with E-state index in [1.807, 2.05) is 18.2 Å². The Bertz CT molecular complexity index is 539. The van der Waals surface area contributed by atoms with E-state index in [1.54, 1.807) is 6.92 Å². The van der Waals surface area contributed by atoms with Crippen molar-refractivity contribution in [3.8, 4) is 23.7 Å². The molecule has 0 aromatic rings. The number of aliphatic hydroxyl groups excluding tert-OH is 1. The predicted octanol–water partition coefficient (Wildman–Crippen LogP) is 3.78. The summed E-state index contributed by atoms with van der Waals surface area (Å²) in [5.41, 5.74) is 0. The maximum Gasteiger partial charge on any atom is 0.312 e. The van der Waals surface area contributed by atoms with Gasteiger partial charge in [-0.1, -0.05) is 43.3 Å². The molecule has 1 rings (SSSR count). The van der Waals surface area contributed by atoms with Gasteiger partial charge in [0.25, 0.3) is 0 Å². The highest BCUT2D eigenvalue weighted by molar-refractivity contribution is 5.75. The van der Waals surface area contributed by atoms with Gasteiger partial charge in [-0.15, -0.1) is 6.58 Å². The van der Waals surface area contributed by atoms with Gasteiger partial charge in [0, 0.05) is 6.42 Å². The molecule has 1 N–H and O–H groups in total. The van der Waals surface area contributed by atoms with E-state index in [4.69, 9.17) is 4.74 Å². The summed E-state index contributed by atoms with van der Waals surface area (Å²) in [5.74, 6) is 11.0. The molecule has 1 aliphatic rings. The predicted molar refractivity (Wildman–Crippen MR) is 96.9 cm³/mol. The lowest BCUT2D eigenvalue weighted by Gasteiger charge is -2.11. The summed E-state index contributed by atoms with van der Waals surface area (Å²) >= 11 is 0. The topological polar surface area (TPSA) is 46.5 Å². The number of rotatable bonds is 9. The number of aliphatic hydroxyl groups is 1. The number of hydrogen-bond acceptors (Lipinski definition) is 3. The van der Waals surface area contributed by atoms with Crippen molar-refractivity contribution in [3.05, 3.63) is 24.8 Å². The molecule has 1 fully saturated rings. The molecule has 3 heteroatoms. The Labute approximate surface area is 146 Å². The fourth-order valence-electron chi connectivity index (χ4n) is 2.57. The van der Waals surface area contributed by atoms with Crippen molar-refractivity contribution in [1.29, 1.82) is 0 Å². The normalized spacial score (nSPS) is 22.4. The van der Waals surface area contributed by atoms with E-state index < -0.39 is 6.10 Å². The van der Waals surface area contributed by atoms with Crippen molar-refractivity contribution in [2.45, 2.75) is 70.5 Å². The number of ether oxygens (including phenoxy) is 1. The van der Waals surface area contributed by atoms with Crippen LogP contribution < -0.4 is 0 Å². The number of unbranched alkanes of at least 4 members (excludes halogenated alkanes) is 5. The molecule has 3 nitrogen and oxygen atoms in total. The van der Waals surface area contributed by atoms with Gasteiger partial charge >= 0.3 is 5.97 Å². The van der Waals surface area contributed by atoms with Crippen molar-refractivity contribution in [1.82, 2.24) is 0 Å². The van der Waals surface area contributed by atoms with Gasteiger partial charge in [0.1, 0.15) is 12.2 Å². The monoisotopic (exact) mass is 328 g/mol. The van der Waals surface area contributed by atoms with Gasteiger partial charge in [-0.3, -0.25) is 4.79 Å². The van der Waals surface area contributed by atoms with Crippen LogP contribution in [0.2, 0.25) is 0 Å². The third kappa shape index (κ3) is 8.04. The number of carbonyl (C=O) groups excluding carboxylic acids is 1. The Kier molecular flexibility index (Phi) is 10.4. The highest BCUT2D eigenvalue weighted by Gasteiger charge is 2.40. The first-order valence-corrected chi connectivity index (χ1v) is 8.79. The van der Waals surface area contributed by atoms with Crippen molar-refractivity contribution >= 4 is 5.97 Å². The van der Waals surface area contributed by atoms with Gasteiger partial charge in [-0.25, -0.2) is 0 Å². The van der Waals surface area contributed by atoms with Crippen LogP contribution in [-0.4, -0.2) is 23.3 Å². The fourth-order valence-corrected chi connectivity index (χ4v) is 2.57. The lowest BCUT2D eigenvalue weighted by molar-refractivity contribution is -0.143. The molecule has 0 saturated carbocycles. The summed E-state index contributed by atoms with van der Waals surface area (Å²) in [7, 11) is 0. The van der Waals surface area contributed by atoms with Crippen LogP contribution in [0.1, 0.15) is 58.3 Å². The van der Waals surface area contributed by atoms with E-state index in [2.05, 4.69) is 30.3 Å². The molecule has 1 saturated heterocycles. The standard InChI is InChI=1S/C21H28O3/c1-3-4-5-6-7-8-9-10-11-12-13-14-15-16-17-19-20(22)18(2)24-21(19)23/h3,6-7,18-20,22H,1,4-5,12-17H2,2H3/b7-6+/t18-,19-,20+/m1/s1. The number of allylic oxidation sites excluding steroid dienone is 3. The van der Waals surface area contributed by atoms with Crippen molar-refractivity contribution in [2.75, 3.05) is 0 Å². The average molecular weight is 328 g/mol. The molecule has 0 aliphatic carbocycles. The van der Waals surface area contributed by atoms with E-state index in [-0.39, 0.29) is 18.0 Å². The van der Waals surface area contributed by atoms with Crippen LogP contribution in [0.5, 0.6) is 0 Å². The summed E-state index contributed by atoms with van der Waals surface area (Å²) < 4.78 is 5.03. The van der Waals surface area contributed by atoms with Crippen molar-refractivity contribution in [3.63, 3.8) is 0 Å². The highest BCUT2D eigenvalue weighted by Crippen LogP contribution is 2.26. The Morgan fingerprint density at radius 2 is 2.00 bits per heavy atom. The van der Waals surface area contributed by atoms with Gasteiger partial charge in [0.2, 0.25) is 0 Å². The second-order valence-electron chi connectivity index (χ2n) is 6.03. The highest BCUT2D eigenvalue weighted by atomic mass is 16.6. The Morgan fingerprint density at radius 1 is 1.21 bits per heavy atom. The zero-order valence-electron chi connectivity index (χ0n) is 14.6. The molecular formula is C21H28O3. The minimum Gasteiger partial charge on any atom is -0.460 e. The summed E-state index contributed by atoms with van der Waals surface area (Å²) in [6.45, 7) is 5.40. The smallest absolute Gasteiger partial charge is 0.312 e. The van der Waals surface area contributed by atoms with E-state index in [0.29, 0.717) is 6.42 Å². The first-order chi connectivity index (χ1) is 11.7. The van der Waals surface area contributed by atoms with Gasteiger partial charge in [-0.05, 0) is 50.5 Å². The molecule has 1 heterocycles. The maximum atomic E-state index is 11.5. The first kappa shape index (κ1) is 20.1. The molecule has 0 amide bonds. The minimum atomic E-state index is -0.646. The van der Waals surface area contributed by atoms with Crippen molar-refractivity contribution in [2.24, 2.45) is 5.92 Å². The van der Waals surface area contributed by atoms with E-state index in [1.165, 1.54) is 0 Å². The number of esters is 1. The average Bonchev–Trinajstić information content (AvgIpc) is 2.81. The molecule has 0 aromatic carbocycles. The second-order valence-corrected chi connectivity index (χ2v) is 6.03. The van der Waals surface area contributed by atoms with Gasteiger partial charge in [-0.2, -0.15) is 0 Å². The van der Waals surface area contributed by atoms with Crippen LogP contribution in [0, 0.1) is 29.6 Å². The molecule has 1 aliphatic heterocycles.